The average molecular weight is 381 g/mol. The number of amides is 1. The van der Waals surface area contributed by atoms with Crippen LogP contribution in [0.25, 0.3) is 0 Å². The van der Waals surface area contributed by atoms with E-state index in [1.54, 1.807) is 0 Å². The Morgan fingerprint density at radius 1 is 1.15 bits per heavy atom. The first-order chi connectivity index (χ1) is 12.5. The predicted octanol–water partition coefficient (Wildman–Crippen LogP) is 0.900. The van der Waals surface area contributed by atoms with Crippen molar-refractivity contribution in [2.24, 2.45) is 5.92 Å². The molecule has 1 amide bonds. The maximum atomic E-state index is 12.8. The van der Waals surface area contributed by atoms with E-state index in [0.717, 1.165) is 12.0 Å². The van der Waals surface area contributed by atoms with Crippen LogP contribution in [0, 0.1) is 12.8 Å². The van der Waals surface area contributed by atoms with Gasteiger partial charge in [0.25, 0.3) is 10.2 Å². The molecule has 144 valence electrons. The number of piperidine rings is 1. The molecule has 0 aliphatic carbocycles. The van der Waals surface area contributed by atoms with E-state index in [9.17, 15) is 13.2 Å². The minimum atomic E-state index is -3.52. The number of benzene rings is 1. The Bertz CT molecular complexity index is 714. The van der Waals surface area contributed by atoms with Gasteiger partial charge in [0.15, 0.2) is 0 Å². The summed E-state index contributed by atoms with van der Waals surface area (Å²) in [6, 6.07) is 8.01. The number of hydrogen-bond donors (Lipinski definition) is 1. The van der Waals surface area contributed by atoms with E-state index in [1.807, 2.05) is 31.2 Å². The highest BCUT2D eigenvalue weighted by Crippen LogP contribution is 2.22. The van der Waals surface area contributed by atoms with Gasteiger partial charge < -0.3 is 10.1 Å². The standard InChI is InChI=1S/C18H27N3O4S/c1-15-4-6-16(7-5-15)13-19-18(22)17-3-2-8-21(14-17)26(23,24)20-9-11-25-12-10-20/h4-7,17H,2-3,8-14H2,1H3,(H,19,22). The Kier molecular flexibility index (Phi) is 6.29. The topological polar surface area (TPSA) is 79.0 Å². The first-order valence-corrected chi connectivity index (χ1v) is 10.5. The second-order valence-electron chi connectivity index (χ2n) is 6.92. The minimum Gasteiger partial charge on any atom is -0.379 e. The molecular weight excluding hydrogens is 354 g/mol. The van der Waals surface area contributed by atoms with Gasteiger partial charge in [0.2, 0.25) is 5.91 Å². The lowest BCUT2D eigenvalue weighted by atomic mass is 9.98. The molecule has 2 heterocycles. The summed E-state index contributed by atoms with van der Waals surface area (Å²) in [7, 11) is -3.52. The number of nitrogens with one attached hydrogen (secondary N) is 1. The monoisotopic (exact) mass is 381 g/mol. The maximum absolute atomic E-state index is 12.8. The zero-order valence-corrected chi connectivity index (χ0v) is 16.0. The molecule has 1 aromatic rings. The van der Waals surface area contributed by atoms with E-state index in [1.165, 1.54) is 14.2 Å². The summed E-state index contributed by atoms with van der Waals surface area (Å²) in [6.07, 6.45) is 1.42. The van der Waals surface area contributed by atoms with Gasteiger partial charge >= 0.3 is 0 Å². The van der Waals surface area contributed by atoms with Gasteiger partial charge in [-0.1, -0.05) is 29.8 Å². The van der Waals surface area contributed by atoms with Gasteiger partial charge in [-0.2, -0.15) is 17.0 Å². The van der Waals surface area contributed by atoms with E-state index in [0.29, 0.717) is 45.8 Å². The fourth-order valence-corrected chi connectivity index (χ4v) is 5.01. The van der Waals surface area contributed by atoms with Gasteiger partial charge in [-0.3, -0.25) is 4.79 Å². The Morgan fingerprint density at radius 3 is 2.54 bits per heavy atom. The molecule has 2 aliphatic rings. The summed E-state index contributed by atoms with van der Waals surface area (Å²) in [5, 5.41) is 2.95. The SMILES string of the molecule is Cc1ccc(CNC(=O)C2CCCN(S(=O)(=O)N3CCOCC3)C2)cc1. The van der Waals surface area contributed by atoms with Crippen molar-refractivity contribution >= 4 is 16.1 Å². The van der Waals surface area contributed by atoms with Gasteiger partial charge in [-0.25, -0.2) is 0 Å². The molecule has 0 bridgehead atoms. The number of aryl methyl sites for hydroxylation is 1. The van der Waals surface area contributed by atoms with Crippen LogP contribution in [0.5, 0.6) is 0 Å². The van der Waals surface area contributed by atoms with Crippen LogP contribution in [-0.4, -0.2) is 62.3 Å². The van der Waals surface area contributed by atoms with Crippen molar-refractivity contribution in [1.29, 1.82) is 0 Å². The van der Waals surface area contributed by atoms with Gasteiger partial charge in [-0.05, 0) is 25.3 Å². The summed E-state index contributed by atoms with van der Waals surface area (Å²) >= 11 is 0. The highest BCUT2D eigenvalue weighted by Gasteiger charge is 2.36. The Balaban J connectivity index is 1.56. The summed E-state index contributed by atoms with van der Waals surface area (Å²) < 4.78 is 33.7. The first kappa shape index (κ1) is 19.3. The summed E-state index contributed by atoms with van der Waals surface area (Å²) in [6.45, 7) is 4.81. The minimum absolute atomic E-state index is 0.0764. The normalized spacial score (nSPS) is 22.9. The van der Waals surface area contributed by atoms with Gasteiger partial charge in [0, 0.05) is 32.7 Å². The highest BCUT2D eigenvalue weighted by atomic mass is 32.2. The van der Waals surface area contributed by atoms with Crippen molar-refractivity contribution in [3.05, 3.63) is 35.4 Å². The molecule has 7 nitrogen and oxygen atoms in total. The third-order valence-electron chi connectivity index (χ3n) is 4.96. The molecule has 0 radical (unpaired) electrons. The molecule has 0 saturated carbocycles. The first-order valence-electron chi connectivity index (χ1n) is 9.13. The quantitative estimate of drug-likeness (QED) is 0.822. The second-order valence-corrected chi connectivity index (χ2v) is 8.85. The Labute approximate surface area is 155 Å². The fourth-order valence-electron chi connectivity index (χ4n) is 3.35. The largest absolute Gasteiger partial charge is 0.379 e. The van der Waals surface area contributed by atoms with Crippen LogP contribution in [0.3, 0.4) is 0 Å². The maximum Gasteiger partial charge on any atom is 0.282 e. The molecule has 3 rings (SSSR count). The highest BCUT2D eigenvalue weighted by molar-refractivity contribution is 7.86. The van der Waals surface area contributed by atoms with Crippen molar-refractivity contribution in [2.45, 2.75) is 26.3 Å². The molecule has 0 spiro atoms. The number of carbonyl (C=O) groups excluding carboxylic acids is 1. The molecule has 8 heteroatoms. The number of morpholine rings is 1. The number of carbonyl (C=O) groups is 1. The zero-order valence-electron chi connectivity index (χ0n) is 15.2. The molecule has 1 atom stereocenters. The van der Waals surface area contributed by atoms with Crippen LogP contribution in [0.1, 0.15) is 24.0 Å². The summed E-state index contributed by atoms with van der Waals surface area (Å²) in [5.74, 6) is -0.377. The zero-order chi connectivity index (χ0) is 18.6. The van der Waals surface area contributed by atoms with Crippen molar-refractivity contribution < 1.29 is 17.9 Å². The van der Waals surface area contributed by atoms with Crippen molar-refractivity contribution in [3.8, 4) is 0 Å². The lowest BCUT2D eigenvalue weighted by molar-refractivity contribution is -0.126. The molecule has 2 aliphatic heterocycles. The molecule has 1 unspecified atom stereocenters. The lowest BCUT2D eigenvalue weighted by Gasteiger charge is -2.36. The van der Waals surface area contributed by atoms with E-state index >= 15 is 0 Å². The molecular formula is C18H27N3O4S. The van der Waals surface area contributed by atoms with Gasteiger partial charge in [0.05, 0.1) is 19.1 Å². The molecule has 2 fully saturated rings. The lowest BCUT2D eigenvalue weighted by Crippen LogP contribution is -2.52. The van der Waals surface area contributed by atoms with E-state index in [-0.39, 0.29) is 18.4 Å². The van der Waals surface area contributed by atoms with Crippen LogP contribution >= 0.6 is 0 Å². The van der Waals surface area contributed by atoms with Crippen LogP contribution in [-0.2, 0) is 26.3 Å². The summed E-state index contributed by atoms with van der Waals surface area (Å²) in [5.41, 5.74) is 2.22. The fraction of sp³-hybridized carbons (Fsp3) is 0.611. The van der Waals surface area contributed by atoms with Crippen molar-refractivity contribution in [3.63, 3.8) is 0 Å². The predicted molar refractivity (Wildman–Crippen MR) is 98.6 cm³/mol. The van der Waals surface area contributed by atoms with Crippen LogP contribution in [0.15, 0.2) is 24.3 Å². The molecule has 26 heavy (non-hydrogen) atoms. The average Bonchev–Trinajstić information content (AvgIpc) is 2.68. The van der Waals surface area contributed by atoms with Crippen molar-refractivity contribution in [1.82, 2.24) is 13.9 Å². The molecule has 0 aromatic heterocycles. The number of rotatable bonds is 5. The third-order valence-corrected chi connectivity index (χ3v) is 6.97. The van der Waals surface area contributed by atoms with Crippen molar-refractivity contribution in [2.75, 3.05) is 39.4 Å². The van der Waals surface area contributed by atoms with Crippen LogP contribution in [0.4, 0.5) is 0 Å². The van der Waals surface area contributed by atoms with Crippen LogP contribution < -0.4 is 5.32 Å². The molecule has 2 saturated heterocycles. The summed E-state index contributed by atoms with van der Waals surface area (Å²) in [4.78, 5) is 12.5. The van der Waals surface area contributed by atoms with E-state index in [2.05, 4.69) is 5.32 Å². The van der Waals surface area contributed by atoms with E-state index in [4.69, 9.17) is 4.74 Å². The number of hydrogen-bond acceptors (Lipinski definition) is 4. The van der Waals surface area contributed by atoms with Gasteiger partial charge in [0.1, 0.15) is 0 Å². The van der Waals surface area contributed by atoms with Gasteiger partial charge in [-0.15, -0.1) is 0 Å². The second kappa shape index (κ2) is 8.47. The molecule has 1 N–H and O–H groups in total. The Hall–Kier alpha value is -1.48. The van der Waals surface area contributed by atoms with E-state index < -0.39 is 10.2 Å². The number of ether oxygens (including phenoxy) is 1. The smallest absolute Gasteiger partial charge is 0.282 e. The van der Waals surface area contributed by atoms with Crippen LogP contribution in [0.2, 0.25) is 0 Å². The Morgan fingerprint density at radius 2 is 1.85 bits per heavy atom. The number of nitrogens with zero attached hydrogens (tertiary/aromatic N) is 2. The third kappa shape index (κ3) is 4.62. The molecule has 1 aromatic carbocycles.